The van der Waals surface area contributed by atoms with Crippen LogP contribution in [0.3, 0.4) is 0 Å². The van der Waals surface area contributed by atoms with Gasteiger partial charge >= 0.3 is 5.63 Å². The summed E-state index contributed by atoms with van der Waals surface area (Å²) >= 11 is 0. The predicted molar refractivity (Wildman–Crippen MR) is 114 cm³/mol. The zero-order chi connectivity index (χ0) is 19.7. The first kappa shape index (κ1) is 19.3. The largest absolute Gasteiger partial charge is 0.490 e. The van der Waals surface area contributed by atoms with E-state index in [9.17, 15) is 4.79 Å². The smallest absolute Gasteiger partial charge is 0.360 e. The van der Waals surface area contributed by atoms with Crippen molar-refractivity contribution in [3.8, 4) is 5.75 Å². The number of benzene rings is 1. The Balaban J connectivity index is 1.56. The molecule has 1 aromatic carbocycles. The van der Waals surface area contributed by atoms with Crippen molar-refractivity contribution in [1.82, 2.24) is 4.90 Å². The van der Waals surface area contributed by atoms with Crippen LogP contribution < -0.4 is 15.3 Å². The molecule has 2 fully saturated rings. The highest BCUT2D eigenvalue weighted by molar-refractivity contribution is 5.85. The van der Waals surface area contributed by atoms with Crippen molar-refractivity contribution in [2.24, 2.45) is 5.92 Å². The van der Waals surface area contributed by atoms with Crippen molar-refractivity contribution in [3.05, 3.63) is 34.2 Å². The van der Waals surface area contributed by atoms with Gasteiger partial charge in [-0.15, -0.1) is 0 Å². The number of hydrogen-bond acceptors (Lipinski definition) is 5. The second-order valence-corrected chi connectivity index (χ2v) is 8.48. The number of aryl methyl sites for hydroxylation is 1. The summed E-state index contributed by atoms with van der Waals surface area (Å²) in [6, 6.07) is 5.96. The molecule has 0 amide bonds. The average Bonchev–Trinajstić information content (AvgIpc) is 2.70. The van der Waals surface area contributed by atoms with Gasteiger partial charge in [-0.2, -0.15) is 0 Å². The van der Waals surface area contributed by atoms with Gasteiger partial charge < -0.3 is 19.0 Å². The van der Waals surface area contributed by atoms with Crippen LogP contribution >= 0.6 is 0 Å². The highest BCUT2D eigenvalue weighted by Crippen LogP contribution is 2.32. The Morgan fingerprint density at radius 2 is 1.82 bits per heavy atom. The number of rotatable bonds is 4. The molecule has 4 rings (SSSR count). The Labute approximate surface area is 167 Å². The van der Waals surface area contributed by atoms with Crippen LogP contribution in [-0.2, 0) is 0 Å². The van der Waals surface area contributed by atoms with Gasteiger partial charge in [0, 0.05) is 37.6 Å². The Morgan fingerprint density at radius 3 is 2.50 bits per heavy atom. The molecule has 0 atom stereocenters. The minimum Gasteiger partial charge on any atom is -0.490 e. The third kappa shape index (κ3) is 3.90. The van der Waals surface area contributed by atoms with Crippen LogP contribution in [0.1, 0.15) is 44.6 Å². The number of piperazine rings is 1. The Hall–Kier alpha value is -2.01. The van der Waals surface area contributed by atoms with Crippen LogP contribution in [-0.4, -0.2) is 44.2 Å². The van der Waals surface area contributed by atoms with Gasteiger partial charge in [-0.1, -0.05) is 13.3 Å². The molecule has 2 aliphatic rings. The van der Waals surface area contributed by atoms with Gasteiger partial charge in [0.05, 0.1) is 6.10 Å². The van der Waals surface area contributed by atoms with Crippen molar-refractivity contribution in [1.29, 1.82) is 0 Å². The fraction of sp³-hybridized carbons (Fsp3) is 0.609. The number of nitrogens with zero attached hydrogens (tertiary/aromatic N) is 2. The van der Waals surface area contributed by atoms with Crippen LogP contribution in [0, 0.1) is 12.8 Å². The molecular weight excluding hydrogens is 352 g/mol. The fourth-order valence-electron chi connectivity index (χ4n) is 4.65. The molecule has 0 radical (unpaired) electrons. The first-order valence-corrected chi connectivity index (χ1v) is 10.7. The van der Waals surface area contributed by atoms with Gasteiger partial charge in [-0.05, 0) is 63.3 Å². The quantitative estimate of drug-likeness (QED) is 0.739. The monoisotopic (exact) mass is 384 g/mol. The fourth-order valence-corrected chi connectivity index (χ4v) is 4.65. The Kier molecular flexibility index (Phi) is 5.63. The normalized spacial score (nSPS) is 23.9. The molecular formula is C23H32N2O3. The minimum absolute atomic E-state index is 0.241. The van der Waals surface area contributed by atoms with E-state index < -0.39 is 0 Å². The third-order valence-corrected chi connectivity index (χ3v) is 6.60. The summed E-state index contributed by atoms with van der Waals surface area (Å²) in [4.78, 5) is 17.2. The Morgan fingerprint density at radius 1 is 1.11 bits per heavy atom. The molecule has 1 aliphatic heterocycles. The van der Waals surface area contributed by atoms with E-state index in [4.69, 9.17) is 9.15 Å². The minimum atomic E-state index is -0.241. The molecule has 28 heavy (non-hydrogen) atoms. The van der Waals surface area contributed by atoms with E-state index in [0.29, 0.717) is 11.3 Å². The molecule has 5 nitrogen and oxygen atoms in total. The second-order valence-electron chi connectivity index (χ2n) is 8.48. The lowest BCUT2D eigenvalue weighted by atomic mass is 9.86. The van der Waals surface area contributed by atoms with Crippen molar-refractivity contribution >= 4 is 16.7 Å². The first-order valence-electron chi connectivity index (χ1n) is 10.7. The lowest BCUT2D eigenvalue weighted by Crippen LogP contribution is -2.46. The summed E-state index contributed by atoms with van der Waals surface area (Å²) in [6.45, 7) is 7.94. The highest BCUT2D eigenvalue weighted by Gasteiger charge is 2.23. The highest BCUT2D eigenvalue weighted by atomic mass is 16.5. The number of anilines is 1. The standard InChI is InChI=1S/C23H32N2O3/c1-4-17-5-7-18(8-6-17)27-19-9-10-20-16(2)22(23(26)28-21(20)15-19)25-13-11-24(3)12-14-25/h9-10,15,17-18H,4-8,11-14H2,1-3H3. The summed E-state index contributed by atoms with van der Waals surface area (Å²) in [5.41, 5.74) is 2.10. The summed E-state index contributed by atoms with van der Waals surface area (Å²) in [5.74, 6) is 1.66. The van der Waals surface area contributed by atoms with E-state index in [1.54, 1.807) is 0 Å². The van der Waals surface area contributed by atoms with Gasteiger partial charge in [-0.3, -0.25) is 0 Å². The summed E-state index contributed by atoms with van der Waals surface area (Å²) in [5, 5.41) is 0.996. The van der Waals surface area contributed by atoms with Crippen LogP contribution in [0.5, 0.6) is 5.75 Å². The maximum atomic E-state index is 12.7. The summed E-state index contributed by atoms with van der Waals surface area (Å²) in [7, 11) is 2.11. The van der Waals surface area contributed by atoms with Crippen molar-refractivity contribution < 1.29 is 9.15 Å². The number of ether oxygens (including phenoxy) is 1. The predicted octanol–water partition coefficient (Wildman–Crippen LogP) is 4.20. The third-order valence-electron chi connectivity index (χ3n) is 6.60. The summed E-state index contributed by atoms with van der Waals surface area (Å²) in [6.07, 6.45) is 6.26. The van der Waals surface area contributed by atoms with Gasteiger partial charge in [0.2, 0.25) is 0 Å². The molecule has 2 heterocycles. The molecule has 2 aromatic rings. The number of fused-ring (bicyclic) bond motifs is 1. The molecule has 0 unspecified atom stereocenters. The van der Waals surface area contributed by atoms with E-state index >= 15 is 0 Å². The van der Waals surface area contributed by atoms with Gasteiger partial charge in [0.1, 0.15) is 17.0 Å². The van der Waals surface area contributed by atoms with Crippen molar-refractivity contribution in [3.63, 3.8) is 0 Å². The molecule has 1 aromatic heterocycles. The van der Waals surface area contributed by atoms with E-state index in [1.165, 1.54) is 19.3 Å². The molecule has 1 saturated carbocycles. The second kappa shape index (κ2) is 8.16. The van der Waals surface area contributed by atoms with E-state index in [1.807, 2.05) is 25.1 Å². The SMILES string of the molecule is CCC1CCC(Oc2ccc3c(C)c(N4CCN(C)CC4)c(=O)oc3c2)CC1. The average molecular weight is 385 g/mol. The number of hydrogen-bond donors (Lipinski definition) is 0. The molecule has 1 aliphatic carbocycles. The molecule has 5 heteroatoms. The first-order chi connectivity index (χ1) is 13.5. The molecule has 0 N–H and O–H groups in total. The van der Waals surface area contributed by atoms with E-state index in [2.05, 4.69) is 23.8 Å². The zero-order valence-corrected chi connectivity index (χ0v) is 17.4. The lowest BCUT2D eigenvalue weighted by molar-refractivity contribution is 0.130. The van der Waals surface area contributed by atoms with Crippen molar-refractivity contribution in [2.45, 2.75) is 52.1 Å². The molecule has 152 valence electrons. The van der Waals surface area contributed by atoms with E-state index in [0.717, 1.165) is 61.6 Å². The van der Waals surface area contributed by atoms with Gasteiger partial charge in [0.15, 0.2) is 0 Å². The van der Waals surface area contributed by atoms with Crippen LogP contribution in [0.15, 0.2) is 27.4 Å². The van der Waals surface area contributed by atoms with Crippen LogP contribution in [0.4, 0.5) is 5.69 Å². The van der Waals surface area contributed by atoms with Crippen molar-refractivity contribution in [2.75, 3.05) is 38.1 Å². The Bertz CT molecular complexity index is 875. The van der Waals surface area contributed by atoms with Gasteiger partial charge in [0.25, 0.3) is 0 Å². The zero-order valence-electron chi connectivity index (χ0n) is 17.4. The van der Waals surface area contributed by atoms with Gasteiger partial charge in [-0.25, -0.2) is 4.79 Å². The lowest BCUT2D eigenvalue weighted by Gasteiger charge is -2.34. The summed E-state index contributed by atoms with van der Waals surface area (Å²) < 4.78 is 11.9. The maximum absolute atomic E-state index is 12.7. The maximum Gasteiger partial charge on any atom is 0.360 e. The number of likely N-dealkylation sites (N-methyl/N-ethyl adjacent to an activating group) is 1. The molecule has 0 bridgehead atoms. The van der Waals surface area contributed by atoms with Crippen LogP contribution in [0.2, 0.25) is 0 Å². The van der Waals surface area contributed by atoms with E-state index in [-0.39, 0.29) is 11.7 Å². The molecule has 0 spiro atoms. The molecule has 1 saturated heterocycles. The topological polar surface area (TPSA) is 45.9 Å². The van der Waals surface area contributed by atoms with Crippen LogP contribution in [0.25, 0.3) is 11.0 Å².